The Bertz CT molecular complexity index is 370. The van der Waals surface area contributed by atoms with E-state index in [-0.39, 0.29) is 29.2 Å². The van der Waals surface area contributed by atoms with Gasteiger partial charge in [0.1, 0.15) is 0 Å². The van der Waals surface area contributed by atoms with Gasteiger partial charge in [-0.05, 0) is 0 Å². The zero-order chi connectivity index (χ0) is 9.84. The van der Waals surface area contributed by atoms with E-state index in [1.54, 1.807) is 0 Å². The van der Waals surface area contributed by atoms with Crippen molar-refractivity contribution in [3.05, 3.63) is 28.3 Å². The minimum Gasteiger partial charge on any atom is -0.490 e. The molecule has 13 heavy (non-hydrogen) atoms. The van der Waals surface area contributed by atoms with Crippen LogP contribution >= 0.6 is 0 Å². The number of rotatable bonds is 3. The standard InChI is InChI=1S/C8H10N2O3/c1-12-8-5(11)2-3-13-6(8)4-7(9)10/h2-3H,4H2,1H3,(H3,9,10). The van der Waals surface area contributed by atoms with E-state index in [9.17, 15) is 4.79 Å². The third kappa shape index (κ3) is 2.08. The Morgan fingerprint density at radius 2 is 2.46 bits per heavy atom. The quantitative estimate of drug-likeness (QED) is 0.513. The van der Waals surface area contributed by atoms with Crippen molar-refractivity contribution in [2.75, 3.05) is 7.11 Å². The normalized spacial score (nSPS) is 9.62. The van der Waals surface area contributed by atoms with Crippen LogP contribution in [-0.2, 0) is 6.42 Å². The molecule has 0 radical (unpaired) electrons. The third-order valence-electron chi connectivity index (χ3n) is 1.46. The summed E-state index contributed by atoms with van der Waals surface area (Å²) in [6.45, 7) is 0. The van der Waals surface area contributed by atoms with Crippen molar-refractivity contribution in [1.29, 1.82) is 5.41 Å². The van der Waals surface area contributed by atoms with Crippen LogP contribution in [0.15, 0.2) is 21.5 Å². The van der Waals surface area contributed by atoms with E-state index in [0.29, 0.717) is 0 Å². The van der Waals surface area contributed by atoms with Crippen LogP contribution in [0.3, 0.4) is 0 Å². The van der Waals surface area contributed by atoms with E-state index < -0.39 is 0 Å². The van der Waals surface area contributed by atoms with E-state index >= 15 is 0 Å². The van der Waals surface area contributed by atoms with Crippen LogP contribution in [0.1, 0.15) is 5.76 Å². The minimum absolute atomic E-state index is 0.0762. The predicted octanol–water partition coefficient (Wildman–Crippen LogP) is 0.127. The van der Waals surface area contributed by atoms with Crippen LogP contribution in [0.5, 0.6) is 5.75 Å². The second kappa shape index (κ2) is 3.75. The van der Waals surface area contributed by atoms with E-state index in [1.807, 2.05) is 0 Å². The molecule has 5 nitrogen and oxygen atoms in total. The summed E-state index contributed by atoms with van der Waals surface area (Å²) in [5.74, 6) is 0.313. The molecule has 3 N–H and O–H groups in total. The first-order valence-corrected chi connectivity index (χ1v) is 3.62. The number of amidine groups is 1. The van der Waals surface area contributed by atoms with Gasteiger partial charge >= 0.3 is 0 Å². The molecule has 0 aliphatic rings. The van der Waals surface area contributed by atoms with E-state index in [2.05, 4.69) is 0 Å². The zero-order valence-electron chi connectivity index (χ0n) is 7.16. The molecule has 0 aromatic carbocycles. The van der Waals surface area contributed by atoms with Gasteiger partial charge in [0.2, 0.25) is 11.2 Å². The lowest BCUT2D eigenvalue weighted by Crippen LogP contribution is -2.15. The lowest BCUT2D eigenvalue weighted by Gasteiger charge is -2.03. The zero-order valence-corrected chi connectivity index (χ0v) is 7.16. The average molecular weight is 182 g/mol. The molecule has 0 atom stereocenters. The Morgan fingerprint density at radius 3 is 3.00 bits per heavy atom. The third-order valence-corrected chi connectivity index (χ3v) is 1.46. The van der Waals surface area contributed by atoms with Crippen LogP contribution in [0.4, 0.5) is 0 Å². The van der Waals surface area contributed by atoms with Gasteiger partial charge in [-0.2, -0.15) is 0 Å². The molecule has 0 aliphatic heterocycles. The number of ether oxygens (including phenoxy) is 1. The predicted molar refractivity (Wildman–Crippen MR) is 47.1 cm³/mol. The number of nitrogens with one attached hydrogen (secondary N) is 1. The number of nitrogens with two attached hydrogens (primary N) is 1. The summed E-state index contributed by atoms with van der Waals surface area (Å²) in [6.07, 6.45) is 1.34. The Hall–Kier alpha value is -1.78. The lowest BCUT2D eigenvalue weighted by atomic mass is 10.2. The van der Waals surface area contributed by atoms with Crippen LogP contribution in [-0.4, -0.2) is 12.9 Å². The largest absolute Gasteiger partial charge is 0.490 e. The van der Waals surface area contributed by atoms with E-state index in [4.69, 9.17) is 20.3 Å². The maximum atomic E-state index is 11.2. The summed E-state index contributed by atoms with van der Waals surface area (Å²) in [5.41, 5.74) is 4.89. The highest BCUT2D eigenvalue weighted by Gasteiger charge is 2.09. The SMILES string of the molecule is COc1c(CC(=N)N)occc1=O. The summed E-state index contributed by atoms with van der Waals surface area (Å²) >= 11 is 0. The van der Waals surface area contributed by atoms with Gasteiger partial charge in [0, 0.05) is 6.07 Å². The molecule has 0 unspecified atom stereocenters. The summed E-state index contributed by atoms with van der Waals surface area (Å²) < 4.78 is 9.81. The van der Waals surface area contributed by atoms with Crippen molar-refractivity contribution in [1.82, 2.24) is 0 Å². The van der Waals surface area contributed by atoms with Gasteiger partial charge in [-0.1, -0.05) is 0 Å². The second-order valence-electron chi connectivity index (χ2n) is 2.44. The maximum Gasteiger partial charge on any atom is 0.227 e. The highest BCUT2D eigenvalue weighted by Crippen LogP contribution is 2.11. The maximum absolute atomic E-state index is 11.2. The van der Waals surface area contributed by atoms with Crippen LogP contribution in [0.2, 0.25) is 0 Å². The first-order valence-electron chi connectivity index (χ1n) is 3.62. The molecular formula is C8H10N2O3. The number of hydrogen-bond donors (Lipinski definition) is 2. The fourth-order valence-corrected chi connectivity index (χ4v) is 0.954. The fourth-order valence-electron chi connectivity index (χ4n) is 0.954. The Labute approximate surface area is 74.6 Å². The molecule has 0 fully saturated rings. The molecule has 70 valence electrons. The molecule has 5 heteroatoms. The monoisotopic (exact) mass is 182 g/mol. The summed E-state index contributed by atoms with van der Waals surface area (Å²) in [6, 6.07) is 1.25. The van der Waals surface area contributed by atoms with Crippen LogP contribution in [0.25, 0.3) is 0 Å². The van der Waals surface area contributed by atoms with Gasteiger partial charge in [0.25, 0.3) is 0 Å². The molecule has 1 aromatic rings. The summed E-state index contributed by atoms with van der Waals surface area (Å²) in [5, 5.41) is 7.03. The summed E-state index contributed by atoms with van der Waals surface area (Å²) in [7, 11) is 1.37. The van der Waals surface area contributed by atoms with Gasteiger partial charge in [0.05, 0.1) is 25.6 Å². The Kier molecular flexibility index (Phi) is 2.69. The first-order chi connectivity index (χ1) is 6.15. The molecule has 1 heterocycles. The van der Waals surface area contributed by atoms with Crippen molar-refractivity contribution in [2.45, 2.75) is 6.42 Å². The molecule has 0 amide bonds. The molecule has 0 saturated heterocycles. The van der Waals surface area contributed by atoms with Gasteiger partial charge in [-0.3, -0.25) is 10.2 Å². The smallest absolute Gasteiger partial charge is 0.227 e. The first kappa shape index (κ1) is 9.31. The molecule has 0 aliphatic carbocycles. The minimum atomic E-state index is -0.273. The second-order valence-corrected chi connectivity index (χ2v) is 2.44. The lowest BCUT2D eigenvalue weighted by molar-refractivity contribution is 0.372. The van der Waals surface area contributed by atoms with Crippen molar-refractivity contribution in [3.8, 4) is 5.75 Å². The molecular weight excluding hydrogens is 172 g/mol. The van der Waals surface area contributed by atoms with Gasteiger partial charge < -0.3 is 14.9 Å². The van der Waals surface area contributed by atoms with E-state index in [1.165, 1.54) is 19.4 Å². The highest BCUT2D eigenvalue weighted by molar-refractivity contribution is 5.79. The van der Waals surface area contributed by atoms with Crippen molar-refractivity contribution in [3.63, 3.8) is 0 Å². The number of methoxy groups -OCH3 is 1. The average Bonchev–Trinajstić information content (AvgIpc) is 2.03. The Morgan fingerprint density at radius 1 is 1.77 bits per heavy atom. The summed E-state index contributed by atoms with van der Waals surface area (Å²) in [4.78, 5) is 11.2. The van der Waals surface area contributed by atoms with Gasteiger partial charge in [0.15, 0.2) is 5.76 Å². The van der Waals surface area contributed by atoms with E-state index in [0.717, 1.165) is 0 Å². The highest BCUT2D eigenvalue weighted by atomic mass is 16.5. The Balaban J connectivity index is 3.12. The van der Waals surface area contributed by atoms with Gasteiger partial charge in [-0.25, -0.2) is 0 Å². The van der Waals surface area contributed by atoms with Crippen LogP contribution in [0, 0.1) is 5.41 Å². The fraction of sp³-hybridized carbons (Fsp3) is 0.250. The topological polar surface area (TPSA) is 89.3 Å². The van der Waals surface area contributed by atoms with Crippen LogP contribution < -0.4 is 15.9 Å². The molecule has 0 saturated carbocycles. The van der Waals surface area contributed by atoms with Crippen molar-refractivity contribution in [2.24, 2.45) is 5.73 Å². The molecule has 1 aromatic heterocycles. The van der Waals surface area contributed by atoms with Crippen molar-refractivity contribution < 1.29 is 9.15 Å². The molecule has 1 rings (SSSR count). The molecule has 0 spiro atoms. The number of hydrogen-bond acceptors (Lipinski definition) is 4. The van der Waals surface area contributed by atoms with Crippen molar-refractivity contribution >= 4 is 5.84 Å². The van der Waals surface area contributed by atoms with Gasteiger partial charge in [-0.15, -0.1) is 0 Å². The molecule has 0 bridgehead atoms.